The monoisotopic (exact) mass is 403 g/mol. The highest BCUT2D eigenvalue weighted by molar-refractivity contribution is 7.89. The van der Waals surface area contributed by atoms with Gasteiger partial charge in [0, 0.05) is 44.1 Å². The number of sulfonamides is 1. The van der Waals surface area contributed by atoms with Crippen LogP contribution in [-0.4, -0.2) is 78.9 Å². The Balaban J connectivity index is 1.36. The van der Waals surface area contributed by atoms with E-state index in [0.717, 1.165) is 0 Å². The lowest BCUT2D eigenvalue weighted by Crippen LogP contribution is -2.57. The molecule has 0 spiro atoms. The van der Waals surface area contributed by atoms with Gasteiger partial charge in [-0.3, -0.25) is 4.79 Å². The van der Waals surface area contributed by atoms with Crippen LogP contribution in [0.25, 0.3) is 0 Å². The Labute approximate surface area is 163 Å². The van der Waals surface area contributed by atoms with Gasteiger partial charge in [0.05, 0.1) is 24.2 Å². The average Bonchev–Trinajstić information content (AvgIpc) is 2.71. The van der Waals surface area contributed by atoms with Crippen LogP contribution in [0.1, 0.15) is 10.4 Å². The van der Waals surface area contributed by atoms with E-state index in [1.165, 1.54) is 16.4 Å². The average molecular weight is 403 g/mol. The molecule has 1 aromatic heterocycles. The first-order valence-corrected chi connectivity index (χ1v) is 10.5. The molecule has 2 fully saturated rings. The number of anilines is 1. The molecule has 3 heterocycles. The van der Waals surface area contributed by atoms with Crippen molar-refractivity contribution in [3.05, 3.63) is 48.3 Å². The highest BCUT2D eigenvalue weighted by atomic mass is 32.2. The number of morpholine rings is 1. The van der Waals surface area contributed by atoms with E-state index in [2.05, 4.69) is 15.3 Å². The number of rotatable bonds is 5. The molecule has 9 nitrogen and oxygen atoms in total. The normalized spacial score (nSPS) is 18.5. The minimum Gasteiger partial charge on any atom is -0.379 e. The maximum atomic E-state index is 12.6. The fraction of sp³-hybridized carbons (Fsp3) is 0.389. The summed E-state index contributed by atoms with van der Waals surface area (Å²) in [4.78, 5) is 22.7. The lowest BCUT2D eigenvalue weighted by Gasteiger charge is -2.39. The molecule has 2 aromatic rings. The van der Waals surface area contributed by atoms with Crippen LogP contribution in [0.2, 0.25) is 0 Å². The van der Waals surface area contributed by atoms with Crippen molar-refractivity contribution in [1.82, 2.24) is 19.2 Å². The smallest absolute Gasteiger partial charge is 0.253 e. The van der Waals surface area contributed by atoms with Crippen LogP contribution in [0.3, 0.4) is 0 Å². The van der Waals surface area contributed by atoms with Crippen LogP contribution in [0, 0.1) is 0 Å². The molecule has 0 bridgehead atoms. The SMILES string of the molecule is O=C(c1ccc(S(=O)(=O)N2CCOCC2)cc1)N1CC(Nc2ncccn2)C1. The predicted molar refractivity (Wildman–Crippen MR) is 101 cm³/mol. The van der Waals surface area contributed by atoms with Crippen molar-refractivity contribution < 1.29 is 17.9 Å². The van der Waals surface area contributed by atoms with Crippen molar-refractivity contribution in [2.45, 2.75) is 10.9 Å². The predicted octanol–water partition coefficient (Wildman–Crippen LogP) is 0.434. The van der Waals surface area contributed by atoms with Gasteiger partial charge < -0.3 is 15.0 Å². The summed E-state index contributed by atoms with van der Waals surface area (Å²) in [6.07, 6.45) is 3.31. The minimum atomic E-state index is -3.56. The second-order valence-corrected chi connectivity index (χ2v) is 8.60. The highest BCUT2D eigenvalue weighted by Crippen LogP contribution is 2.20. The van der Waals surface area contributed by atoms with Crippen molar-refractivity contribution in [2.24, 2.45) is 0 Å². The molecule has 0 aliphatic carbocycles. The first-order valence-electron chi connectivity index (χ1n) is 9.05. The summed E-state index contributed by atoms with van der Waals surface area (Å²) in [6.45, 7) is 2.57. The quantitative estimate of drug-likeness (QED) is 0.772. The number of likely N-dealkylation sites (tertiary alicyclic amines) is 1. The zero-order chi connectivity index (χ0) is 19.6. The molecule has 4 rings (SSSR count). The van der Waals surface area contributed by atoms with Gasteiger partial charge in [-0.2, -0.15) is 4.31 Å². The van der Waals surface area contributed by atoms with Crippen molar-refractivity contribution in [1.29, 1.82) is 0 Å². The molecular weight excluding hydrogens is 382 g/mol. The molecule has 0 saturated carbocycles. The maximum Gasteiger partial charge on any atom is 0.253 e. The topological polar surface area (TPSA) is 105 Å². The summed E-state index contributed by atoms with van der Waals surface area (Å²) in [5.74, 6) is 0.416. The Kier molecular flexibility index (Phi) is 5.25. The number of amides is 1. The van der Waals surface area contributed by atoms with Crippen molar-refractivity contribution >= 4 is 21.9 Å². The standard InChI is InChI=1S/C18H21N5O4S/c24-17(22-12-15(13-22)21-18-19-6-1-7-20-18)14-2-4-16(5-3-14)28(25,26)23-8-10-27-11-9-23/h1-7,15H,8-13H2,(H,19,20,21). The van der Waals surface area contributed by atoms with Gasteiger partial charge >= 0.3 is 0 Å². The number of aromatic nitrogens is 2. The zero-order valence-electron chi connectivity index (χ0n) is 15.2. The van der Waals surface area contributed by atoms with Gasteiger partial charge in [0.2, 0.25) is 16.0 Å². The summed E-state index contributed by atoms with van der Waals surface area (Å²) in [6, 6.07) is 7.96. The third kappa shape index (κ3) is 3.84. The number of nitrogens with zero attached hydrogens (tertiary/aromatic N) is 4. The van der Waals surface area contributed by atoms with E-state index in [0.29, 0.717) is 50.9 Å². The Morgan fingerprint density at radius 2 is 1.71 bits per heavy atom. The van der Waals surface area contributed by atoms with E-state index in [1.807, 2.05) is 0 Å². The third-order valence-electron chi connectivity index (χ3n) is 4.78. The molecule has 2 aliphatic heterocycles. The van der Waals surface area contributed by atoms with Gasteiger partial charge in [-0.15, -0.1) is 0 Å². The van der Waals surface area contributed by atoms with Gasteiger partial charge in [-0.25, -0.2) is 18.4 Å². The summed E-state index contributed by atoms with van der Waals surface area (Å²) in [5, 5.41) is 3.17. The van der Waals surface area contributed by atoms with Crippen LogP contribution in [0.5, 0.6) is 0 Å². The first-order chi connectivity index (χ1) is 13.5. The number of hydrogen-bond acceptors (Lipinski definition) is 7. The second-order valence-electron chi connectivity index (χ2n) is 6.66. The number of benzene rings is 1. The molecule has 0 unspecified atom stereocenters. The van der Waals surface area contributed by atoms with Gasteiger partial charge in [-0.1, -0.05) is 0 Å². The van der Waals surface area contributed by atoms with E-state index < -0.39 is 10.0 Å². The van der Waals surface area contributed by atoms with Crippen LogP contribution < -0.4 is 5.32 Å². The van der Waals surface area contributed by atoms with Crippen molar-refractivity contribution in [3.63, 3.8) is 0 Å². The summed E-state index contributed by atoms with van der Waals surface area (Å²) < 4.78 is 31.9. The molecule has 1 N–H and O–H groups in total. The number of ether oxygens (including phenoxy) is 1. The number of carbonyl (C=O) groups excluding carboxylic acids is 1. The Morgan fingerprint density at radius 1 is 1.07 bits per heavy atom. The largest absolute Gasteiger partial charge is 0.379 e. The van der Waals surface area contributed by atoms with Crippen LogP contribution in [0.15, 0.2) is 47.6 Å². The van der Waals surface area contributed by atoms with E-state index in [4.69, 9.17) is 4.74 Å². The number of hydrogen-bond donors (Lipinski definition) is 1. The lowest BCUT2D eigenvalue weighted by atomic mass is 10.1. The van der Waals surface area contributed by atoms with E-state index in [1.54, 1.807) is 35.5 Å². The number of carbonyl (C=O) groups is 1. The highest BCUT2D eigenvalue weighted by Gasteiger charge is 2.32. The summed E-state index contributed by atoms with van der Waals surface area (Å²) in [7, 11) is -3.56. The van der Waals surface area contributed by atoms with E-state index in [9.17, 15) is 13.2 Å². The Morgan fingerprint density at radius 3 is 2.36 bits per heavy atom. The molecule has 2 saturated heterocycles. The fourth-order valence-electron chi connectivity index (χ4n) is 3.18. The molecule has 0 atom stereocenters. The second kappa shape index (κ2) is 7.82. The molecule has 1 amide bonds. The third-order valence-corrected chi connectivity index (χ3v) is 6.69. The molecule has 0 radical (unpaired) electrons. The number of nitrogens with one attached hydrogen (secondary N) is 1. The molecule has 148 valence electrons. The fourth-order valence-corrected chi connectivity index (χ4v) is 4.59. The zero-order valence-corrected chi connectivity index (χ0v) is 16.0. The molecule has 1 aromatic carbocycles. The maximum absolute atomic E-state index is 12.6. The Bertz CT molecular complexity index is 924. The van der Waals surface area contributed by atoms with Gasteiger partial charge in [0.25, 0.3) is 5.91 Å². The van der Waals surface area contributed by atoms with E-state index in [-0.39, 0.29) is 16.8 Å². The van der Waals surface area contributed by atoms with E-state index >= 15 is 0 Å². The summed E-state index contributed by atoms with van der Waals surface area (Å²) >= 11 is 0. The summed E-state index contributed by atoms with van der Waals surface area (Å²) in [5.41, 5.74) is 0.468. The van der Waals surface area contributed by atoms with Gasteiger partial charge in [0.15, 0.2) is 0 Å². The van der Waals surface area contributed by atoms with Crippen LogP contribution in [0.4, 0.5) is 5.95 Å². The van der Waals surface area contributed by atoms with Crippen molar-refractivity contribution in [2.75, 3.05) is 44.7 Å². The first kappa shape index (κ1) is 18.8. The lowest BCUT2D eigenvalue weighted by molar-refractivity contribution is 0.0624. The van der Waals surface area contributed by atoms with Crippen molar-refractivity contribution in [3.8, 4) is 0 Å². The van der Waals surface area contributed by atoms with Crippen LogP contribution in [-0.2, 0) is 14.8 Å². The van der Waals surface area contributed by atoms with Gasteiger partial charge in [0.1, 0.15) is 0 Å². The minimum absolute atomic E-state index is 0.104. The molecular formula is C18H21N5O4S. The van der Waals surface area contributed by atoms with Crippen LogP contribution >= 0.6 is 0 Å². The molecule has 10 heteroatoms. The molecule has 28 heavy (non-hydrogen) atoms. The molecule has 2 aliphatic rings. The van der Waals surface area contributed by atoms with Gasteiger partial charge in [-0.05, 0) is 30.3 Å². The Hall–Kier alpha value is -2.56.